The van der Waals surface area contributed by atoms with Gasteiger partial charge in [0.15, 0.2) is 0 Å². The maximum Gasteiger partial charge on any atom is 0.275 e. The average molecular weight is 350 g/mol. The van der Waals surface area contributed by atoms with Crippen molar-refractivity contribution in [3.8, 4) is 5.75 Å². The van der Waals surface area contributed by atoms with Crippen LogP contribution in [0, 0.1) is 0 Å². The van der Waals surface area contributed by atoms with E-state index in [1.165, 1.54) is 4.90 Å². The van der Waals surface area contributed by atoms with E-state index in [2.05, 4.69) is 10.5 Å². The summed E-state index contributed by atoms with van der Waals surface area (Å²) in [5.41, 5.74) is 3.94. The third-order valence-electron chi connectivity index (χ3n) is 3.81. The first-order valence-corrected chi connectivity index (χ1v) is 8.98. The smallest absolute Gasteiger partial charge is 0.275 e. The Morgan fingerprint density at radius 2 is 1.76 bits per heavy atom. The minimum Gasteiger partial charge on any atom is -0.496 e. The quantitative estimate of drug-likeness (QED) is 0.423. The lowest BCUT2D eigenvalue weighted by atomic mass is 10.1. The zero-order valence-corrected chi connectivity index (χ0v) is 14.8. The SMILES string of the molecule is COc1cc2ccccc2cc1C(=O)NN=Cc1ccc(SC)cc1. The number of amides is 1. The Morgan fingerprint density at radius 3 is 2.40 bits per heavy atom. The molecule has 1 N–H and O–H groups in total. The van der Waals surface area contributed by atoms with Crippen molar-refractivity contribution in [3.05, 3.63) is 71.8 Å². The number of ether oxygens (including phenoxy) is 1. The van der Waals surface area contributed by atoms with Gasteiger partial charge in [-0.25, -0.2) is 5.43 Å². The molecular formula is C20H18N2O2S. The monoisotopic (exact) mass is 350 g/mol. The number of rotatable bonds is 5. The number of benzene rings is 3. The molecule has 126 valence electrons. The van der Waals surface area contributed by atoms with Crippen molar-refractivity contribution in [1.82, 2.24) is 5.43 Å². The maximum absolute atomic E-state index is 12.5. The number of hydrazone groups is 1. The van der Waals surface area contributed by atoms with Gasteiger partial charge in [0, 0.05) is 4.90 Å². The average Bonchev–Trinajstić information content (AvgIpc) is 2.67. The van der Waals surface area contributed by atoms with Gasteiger partial charge < -0.3 is 4.74 Å². The fourth-order valence-corrected chi connectivity index (χ4v) is 2.89. The number of hydrogen-bond acceptors (Lipinski definition) is 4. The third kappa shape index (κ3) is 4.00. The van der Waals surface area contributed by atoms with E-state index < -0.39 is 0 Å². The van der Waals surface area contributed by atoms with E-state index in [1.807, 2.05) is 66.9 Å². The van der Waals surface area contributed by atoms with E-state index in [4.69, 9.17) is 4.74 Å². The summed E-state index contributed by atoms with van der Waals surface area (Å²) in [6, 6.07) is 19.4. The van der Waals surface area contributed by atoms with E-state index >= 15 is 0 Å². The van der Waals surface area contributed by atoms with Crippen molar-refractivity contribution in [3.63, 3.8) is 0 Å². The van der Waals surface area contributed by atoms with Gasteiger partial charge in [0.25, 0.3) is 5.91 Å². The lowest BCUT2D eigenvalue weighted by Gasteiger charge is -2.09. The lowest BCUT2D eigenvalue weighted by Crippen LogP contribution is -2.18. The molecule has 0 heterocycles. The molecule has 0 fully saturated rings. The number of methoxy groups -OCH3 is 1. The fourth-order valence-electron chi connectivity index (χ4n) is 2.48. The number of hydrogen-bond donors (Lipinski definition) is 1. The Bertz CT molecular complexity index is 921. The fraction of sp³-hybridized carbons (Fsp3) is 0.100. The summed E-state index contributed by atoms with van der Waals surface area (Å²) in [6.45, 7) is 0. The Balaban J connectivity index is 1.78. The van der Waals surface area contributed by atoms with Crippen LogP contribution in [0.15, 0.2) is 70.7 Å². The zero-order valence-electron chi connectivity index (χ0n) is 14.0. The highest BCUT2D eigenvalue weighted by atomic mass is 32.2. The second-order valence-corrected chi connectivity index (χ2v) is 6.25. The predicted octanol–water partition coefficient (Wildman–Crippen LogP) is 4.33. The molecule has 0 spiro atoms. The van der Waals surface area contributed by atoms with Crippen molar-refractivity contribution in [2.45, 2.75) is 4.90 Å². The Morgan fingerprint density at radius 1 is 1.08 bits per heavy atom. The number of carbonyl (C=O) groups is 1. The van der Waals surface area contributed by atoms with Crippen molar-refractivity contribution in [2.75, 3.05) is 13.4 Å². The van der Waals surface area contributed by atoms with Gasteiger partial charge in [-0.1, -0.05) is 36.4 Å². The molecule has 1 amide bonds. The van der Waals surface area contributed by atoms with E-state index in [1.54, 1.807) is 25.1 Å². The minimum atomic E-state index is -0.306. The molecule has 0 aliphatic rings. The predicted molar refractivity (Wildman–Crippen MR) is 104 cm³/mol. The molecule has 0 bridgehead atoms. The van der Waals surface area contributed by atoms with Crippen molar-refractivity contribution < 1.29 is 9.53 Å². The molecule has 0 aliphatic carbocycles. The van der Waals surface area contributed by atoms with Crippen molar-refractivity contribution in [2.24, 2.45) is 5.10 Å². The second-order valence-electron chi connectivity index (χ2n) is 5.37. The van der Waals surface area contributed by atoms with E-state index in [0.717, 1.165) is 16.3 Å². The maximum atomic E-state index is 12.5. The standard InChI is InChI=1S/C20H18N2O2S/c1-24-19-12-16-6-4-3-5-15(16)11-18(19)20(23)22-21-13-14-7-9-17(25-2)10-8-14/h3-13H,1-2H3,(H,22,23). The second kappa shape index (κ2) is 7.85. The largest absolute Gasteiger partial charge is 0.496 e. The van der Waals surface area contributed by atoms with Crippen molar-refractivity contribution in [1.29, 1.82) is 0 Å². The Hall–Kier alpha value is -2.79. The topological polar surface area (TPSA) is 50.7 Å². The highest BCUT2D eigenvalue weighted by molar-refractivity contribution is 7.98. The first-order chi connectivity index (χ1) is 12.2. The number of nitrogens with one attached hydrogen (secondary N) is 1. The van der Waals surface area contributed by atoms with Crippen LogP contribution >= 0.6 is 11.8 Å². The van der Waals surface area contributed by atoms with Crippen LogP contribution in [0.4, 0.5) is 0 Å². The summed E-state index contributed by atoms with van der Waals surface area (Å²) < 4.78 is 5.35. The highest BCUT2D eigenvalue weighted by Crippen LogP contribution is 2.25. The molecule has 3 rings (SSSR count). The molecule has 0 aromatic heterocycles. The van der Waals surface area contributed by atoms with Crippen LogP contribution in [0.3, 0.4) is 0 Å². The number of thioether (sulfide) groups is 1. The van der Waals surface area contributed by atoms with E-state index in [0.29, 0.717) is 11.3 Å². The van der Waals surface area contributed by atoms with Gasteiger partial charge in [0.1, 0.15) is 5.75 Å². The van der Waals surface area contributed by atoms with Gasteiger partial charge in [-0.15, -0.1) is 11.8 Å². The Labute approximate surface area is 150 Å². The van der Waals surface area contributed by atoms with Gasteiger partial charge >= 0.3 is 0 Å². The summed E-state index contributed by atoms with van der Waals surface area (Å²) >= 11 is 1.68. The number of fused-ring (bicyclic) bond motifs is 1. The summed E-state index contributed by atoms with van der Waals surface area (Å²) in [6.07, 6.45) is 3.65. The molecule has 0 saturated carbocycles. The molecule has 3 aromatic rings. The van der Waals surface area contributed by atoms with Crippen LogP contribution in [0.25, 0.3) is 10.8 Å². The highest BCUT2D eigenvalue weighted by Gasteiger charge is 2.13. The summed E-state index contributed by atoms with van der Waals surface area (Å²) in [5.74, 6) is 0.218. The summed E-state index contributed by atoms with van der Waals surface area (Å²) in [4.78, 5) is 13.6. The van der Waals surface area contributed by atoms with Gasteiger partial charge in [0.2, 0.25) is 0 Å². The first-order valence-electron chi connectivity index (χ1n) is 7.75. The normalized spacial score (nSPS) is 11.0. The first kappa shape index (κ1) is 17.0. The Kier molecular flexibility index (Phi) is 5.36. The molecule has 25 heavy (non-hydrogen) atoms. The molecule has 0 atom stereocenters. The van der Waals surface area contributed by atoms with Crippen LogP contribution in [-0.2, 0) is 0 Å². The van der Waals surface area contributed by atoms with Crippen LogP contribution in [0.5, 0.6) is 5.75 Å². The van der Waals surface area contributed by atoms with Crippen LogP contribution in [0.1, 0.15) is 15.9 Å². The summed E-state index contributed by atoms with van der Waals surface area (Å²) in [5, 5.41) is 6.04. The molecule has 5 heteroatoms. The van der Waals surface area contributed by atoms with Crippen molar-refractivity contribution >= 4 is 34.7 Å². The lowest BCUT2D eigenvalue weighted by molar-refractivity contribution is 0.0952. The molecular weight excluding hydrogens is 332 g/mol. The molecule has 4 nitrogen and oxygen atoms in total. The molecule has 0 aliphatic heterocycles. The number of carbonyl (C=O) groups excluding carboxylic acids is 1. The van der Waals surface area contributed by atoms with Gasteiger partial charge in [0.05, 0.1) is 18.9 Å². The van der Waals surface area contributed by atoms with E-state index in [9.17, 15) is 4.79 Å². The van der Waals surface area contributed by atoms with Crippen LogP contribution in [0.2, 0.25) is 0 Å². The van der Waals surface area contributed by atoms with Crippen LogP contribution < -0.4 is 10.2 Å². The van der Waals surface area contributed by atoms with Gasteiger partial charge in [-0.05, 0) is 46.9 Å². The minimum absolute atomic E-state index is 0.306. The van der Waals surface area contributed by atoms with E-state index in [-0.39, 0.29) is 5.91 Å². The summed E-state index contributed by atoms with van der Waals surface area (Å²) in [7, 11) is 1.55. The molecule has 0 unspecified atom stereocenters. The van der Waals surface area contributed by atoms with Gasteiger partial charge in [-0.3, -0.25) is 4.79 Å². The molecule has 0 saturated heterocycles. The molecule has 0 radical (unpaired) electrons. The third-order valence-corrected chi connectivity index (χ3v) is 4.55. The zero-order chi connectivity index (χ0) is 17.6. The van der Waals surface area contributed by atoms with Crippen LogP contribution in [-0.4, -0.2) is 25.5 Å². The molecule has 3 aromatic carbocycles. The van der Waals surface area contributed by atoms with Gasteiger partial charge in [-0.2, -0.15) is 5.10 Å². The number of nitrogens with zero attached hydrogens (tertiary/aromatic N) is 1.